The van der Waals surface area contributed by atoms with Crippen LogP contribution in [0.2, 0.25) is 0 Å². The third-order valence-corrected chi connectivity index (χ3v) is 6.65. The smallest absolute Gasteiger partial charge is 0.351 e. The van der Waals surface area contributed by atoms with Crippen molar-refractivity contribution in [1.82, 2.24) is 0 Å². The normalized spacial score (nSPS) is 21.3. The lowest BCUT2D eigenvalue weighted by atomic mass is 10.4. The van der Waals surface area contributed by atoms with Gasteiger partial charge in [0.25, 0.3) is 5.12 Å². The Hall–Kier alpha value is -0.930. The molecule has 2 rings (SSSR count). The third kappa shape index (κ3) is 1.95. The van der Waals surface area contributed by atoms with Gasteiger partial charge in [-0.15, -0.1) is 0 Å². The molecule has 0 aliphatic carbocycles. The van der Waals surface area contributed by atoms with Crippen LogP contribution in [-0.4, -0.2) is 33.2 Å². The molecule has 98 valence electrons. The van der Waals surface area contributed by atoms with Crippen molar-refractivity contribution in [3.05, 3.63) is 20.5 Å². The van der Waals surface area contributed by atoms with E-state index in [0.29, 0.717) is 22.6 Å². The number of methoxy groups -OCH3 is 1. The van der Waals surface area contributed by atoms with E-state index >= 15 is 0 Å². The Morgan fingerprint density at radius 3 is 2.56 bits per heavy atom. The van der Waals surface area contributed by atoms with E-state index in [-0.39, 0.29) is 22.2 Å². The molecule has 9 heteroatoms. The first-order chi connectivity index (χ1) is 8.42. The molecule has 2 aliphatic heterocycles. The van der Waals surface area contributed by atoms with Crippen LogP contribution in [0.5, 0.6) is 0 Å². The molecule has 18 heavy (non-hydrogen) atoms. The Bertz CT molecular complexity index is 598. The van der Waals surface area contributed by atoms with E-state index in [1.807, 2.05) is 0 Å². The molecule has 2 aliphatic rings. The highest BCUT2D eigenvalue weighted by molar-refractivity contribution is 8.76. The molecule has 0 saturated carbocycles. The Morgan fingerprint density at radius 2 is 2.00 bits per heavy atom. The summed E-state index contributed by atoms with van der Waals surface area (Å²) in [5.74, 6) is -0.976. The summed E-state index contributed by atoms with van der Waals surface area (Å²) in [6, 6.07) is 0. The maximum absolute atomic E-state index is 11.8. The average molecular weight is 308 g/mol. The van der Waals surface area contributed by atoms with Crippen LogP contribution in [0.4, 0.5) is 0 Å². The van der Waals surface area contributed by atoms with Crippen LogP contribution in [0.25, 0.3) is 0 Å². The summed E-state index contributed by atoms with van der Waals surface area (Å²) in [6.07, 6.45) is 0. The molecule has 6 nitrogen and oxygen atoms in total. The molecular weight excluding hydrogens is 300 g/mol. The Morgan fingerprint density at radius 1 is 1.33 bits per heavy atom. The molecule has 0 amide bonds. The fraction of sp³-hybridized carbons (Fsp3) is 0.333. The Labute approximate surface area is 111 Å². The topological polar surface area (TPSA) is 86.7 Å². The quantitative estimate of drug-likeness (QED) is 0.563. The highest BCUT2D eigenvalue weighted by Gasteiger charge is 2.48. The number of carbonyl (C=O) groups excluding carboxylic acids is 2. The molecule has 0 atom stereocenters. The predicted octanol–water partition coefficient (Wildman–Crippen LogP) is 0.969. The van der Waals surface area contributed by atoms with Gasteiger partial charge in [-0.2, -0.15) is 0 Å². The van der Waals surface area contributed by atoms with Gasteiger partial charge in [-0.1, -0.05) is 0 Å². The van der Waals surface area contributed by atoms with Crippen LogP contribution in [0, 0.1) is 0 Å². The monoisotopic (exact) mass is 308 g/mol. The number of hydrogen-bond donors (Lipinski definition) is 0. The molecule has 0 aromatic heterocycles. The van der Waals surface area contributed by atoms with Gasteiger partial charge in [-0.3, -0.25) is 4.79 Å². The van der Waals surface area contributed by atoms with Crippen LogP contribution in [0.1, 0.15) is 6.92 Å². The number of fused-ring (bicyclic) bond motifs is 1. The van der Waals surface area contributed by atoms with E-state index in [2.05, 4.69) is 4.74 Å². The zero-order valence-electron chi connectivity index (χ0n) is 9.38. The summed E-state index contributed by atoms with van der Waals surface area (Å²) in [7, 11) is -2.28. The van der Waals surface area contributed by atoms with Gasteiger partial charge in [0.2, 0.25) is 8.87 Å². The van der Waals surface area contributed by atoms with Gasteiger partial charge in [0, 0.05) is 10.8 Å². The summed E-state index contributed by atoms with van der Waals surface area (Å²) in [5.41, 5.74) is 0. The number of thioether (sulfide) groups is 1. The summed E-state index contributed by atoms with van der Waals surface area (Å²) in [5, 5.41) is -0.398. The lowest BCUT2D eigenvalue weighted by Crippen LogP contribution is -2.10. The van der Waals surface area contributed by atoms with Gasteiger partial charge in [0.15, 0.2) is 10.7 Å². The average Bonchev–Trinajstić information content (AvgIpc) is 2.71. The van der Waals surface area contributed by atoms with Crippen molar-refractivity contribution in [2.45, 2.75) is 6.92 Å². The maximum atomic E-state index is 11.8. The molecule has 2 heterocycles. The maximum Gasteiger partial charge on any atom is 0.351 e. The molecule has 0 aromatic carbocycles. The minimum Gasteiger partial charge on any atom is -0.488 e. The molecule has 0 aromatic rings. The SMILES string of the molecule is CCOC1=C2SS(=O)(=O)C(C(=O)OC)=C2SC1=O. The van der Waals surface area contributed by atoms with Crippen LogP contribution in [0.3, 0.4) is 0 Å². The number of esters is 1. The van der Waals surface area contributed by atoms with Crippen LogP contribution in [0.15, 0.2) is 20.5 Å². The number of carbonyl (C=O) groups is 2. The summed E-state index contributed by atoms with van der Waals surface area (Å²) in [6.45, 7) is 1.93. The highest BCUT2D eigenvalue weighted by Crippen LogP contribution is 2.55. The third-order valence-electron chi connectivity index (χ3n) is 2.10. The minimum atomic E-state index is -3.82. The first-order valence-corrected chi connectivity index (χ1v) is 8.42. The molecule has 0 N–H and O–H groups in total. The van der Waals surface area contributed by atoms with Crippen molar-refractivity contribution >= 4 is 42.5 Å². The second-order valence-corrected chi connectivity index (χ2v) is 7.86. The van der Waals surface area contributed by atoms with Crippen molar-refractivity contribution < 1.29 is 27.5 Å². The molecule has 0 fully saturated rings. The lowest BCUT2D eigenvalue weighted by Gasteiger charge is -2.02. The van der Waals surface area contributed by atoms with E-state index < -0.39 is 24.9 Å². The van der Waals surface area contributed by atoms with Gasteiger partial charge >= 0.3 is 5.97 Å². The van der Waals surface area contributed by atoms with E-state index in [1.165, 1.54) is 0 Å². The van der Waals surface area contributed by atoms with E-state index in [9.17, 15) is 18.0 Å². The zero-order chi connectivity index (χ0) is 13.5. The number of hydrogen-bond acceptors (Lipinski definition) is 8. The lowest BCUT2D eigenvalue weighted by molar-refractivity contribution is -0.135. The second-order valence-electron chi connectivity index (χ2n) is 3.17. The fourth-order valence-corrected chi connectivity index (χ4v) is 6.54. The minimum absolute atomic E-state index is 0.00928. The summed E-state index contributed by atoms with van der Waals surface area (Å²) < 4.78 is 33.2. The van der Waals surface area contributed by atoms with E-state index in [0.717, 1.165) is 7.11 Å². The van der Waals surface area contributed by atoms with Crippen molar-refractivity contribution in [1.29, 1.82) is 0 Å². The predicted molar refractivity (Wildman–Crippen MR) is 66.8 cm³/mol. The van der Waals surface area contributed by atoms with E-state index in [4.69, 9.17) is 4.74 Å². The fourth-order valence-electron chi connectivity index (χ4n) is 1.43. The number of rotatable bonds is 3. The van der Waals surface area contributed by atoms with Crippen molar-refractivity contribution in [3.8, 4) is 0 Å². The number of ether oxygens (including phenoxy) is 2. The van der Waals surface area contributed by atoms with Crippen molar-refractivity contribution in [3.63, 3.8) is 0 Å². The first-order valence-electron chi connectivity index (χ1n) is 4.79. The van der Waals surface area contributed by atoms with Gasteiger partial charge in [-0.05, 0) is 18.7 Å². The summed E-state index contributed by atoms with van der Waals surface area (Å²) >= 11 is 0.679. The van der Waals surface area contributed by atoms with Gasteiger partial charge in [0.1, 0.15) is 0 Å². The molecule has 0 bridgehead atoms. The Kier molecular flexibility index (Phi) is 3.47. The molecular formula is C9H8O6S3. The molecule has 0 spiro atoms. The van der Waals surface area contributed by atoms with Crippen molar-refractivity contribution in [2.24, 2.45) is 0 Å². The van der Waals surface area contributed by atoms with E-state index in [1.54, 1.807) is 6.92 Å². The molecule has 0 radical (unpaired) electrons. The molecule has 0 saturated heterocycles. The van der Waals surface area contributed by atoms with Gasteiger partial charge < -0.3 is 9.47 Å². The first kappa shape index (κ1) is 13.5. The van der Waals surface area contributed by atoms with Gasteiger partial charge in [-0.25, -0.2) is 13.2 Å². The summed E-state index contributed by atoms with van der Waals surface area (Å²) in [4.78, 5) is 22.9. The van der Waals surface area contributed by atoms with Crippen LogP contribution in [-0.2, 0) is 27.9 Å². The van der Waals surface area contributed by atoms with Gasteiger partial charge in [0.05, 0.1) is 23.5 Å². The van der Waals surface area contributed by atoms with Crippen molar-refractivity contribution in [2.75, 3.05) is 13.7 Å². The Balaban J connectivity index is 2.61. The standard InChI is InChI=1S/C9H8O6S3/c1-3-15-4-5-6(16-9(4)11)7(8(10)14-2)18(12,13)17-5/h3H2,1-2H3. The largest absolute Gasteiger partial charge is 0.488 e. The molecule has 0 unspecified atom stereocenters. The highest BCUT2D eigenvalue weighted by atomic mass is 33.1. The van der Waals surface area contributed by atoms with Crippen LogP contribution < -0.4 is 0 Å². The zero-order valence-corrected chi connectivity index (χ0v) is 11.8. The van der Waals surface area contributed by atoms with Crippen LogP contribution >= 0.6 is 22.6 Å². The second kappa shape index (κ2) is 4.63.